The van der Waals surface area contributed by atoms with Crippen LogP contribution in [0.4, 0.5) is 0 Å². The summed E-state index contributed by atoms with van der Waals surface area (Å²) in [5.41, 5.74) is 1.34. The van der Waals surface area contributed by atoms with Gasteiger partial charge in [0.15, 0.2) is 0 Å². The number of hydrogen-bond acceptors (Lipinski definition) is 2. The van der Waals surface area contributed by atoms with Crippen LogP contribution in [0.15, 0.2) is 10.7 Å². The molecule has 0 radical (unpaired) electrons. The molecule has 1 unspecified atom stereocenters. The maximum absolute atomic E-state index is 6.48. The van der Waals surface area contributed by atoms with Gasteiger partial charge in [0.1, 0.15) is 0 Å². The van der Waals surface area contributed by atoms with Crippen LogP contribution in [0.1, 0.15) is 55.4 Å². The molecule has 0 bridgehead atoms. The summed E-state index contributed by atoms with van der Waals surface area (Å²) in [5, 5.41) is 1.04. The first-order chi connectivity index (χ1) is 8.20. The van der Waals surface area contributed by atoms with E-state index in [1.54, 1.807) is 0 Å². The Bertz CT molecular complexity index is 302. The van der Waals surface area contributed by atoms with E-state index in [-0.39, 0.29) is 0 Å². The molecule has 18 heavy (non-hydrogen) atoms. The van der Waals surface area contributed by atoms with E-state index in [1.807, 2.05) is 0 Å². The minimum Gasteiger partial charge on any atom is -0.367 e. The second kappa shape index (κ2) is 5.83. The van der Waals surface area contributed by atoms with E-state index < -0.39 is 0 Å². The summed E-state index contributed by atoms with van der Waals surface area (Å²) >= 11 is 6.48. The van der Waals surface area contributed by atoms with Gasteiger partial charge in [-0.3, -0.25) is 4.90 Å². The van der Waals surface area contributed by atoms with Gasteiger partial charge in [0.25, 0.3) is 0 Å². The number of rotatable bonds is 6. The molecule has 0 aliphatic heterocycles. The van der Waals surface area contributed by atoms with E-state index in [0.29, 0.717) is 30.2 Å². The zero-order chi connectivity index (χ0) is 14.2. The average Bonchev–Trinajstić information content (AvgIpc) is 2.76. The summed E-state index contributed by atoms with van der Waals surface area (Å²) in [7, 11) is 0. The average molecular weight is 273 g/mol. The highest BCUT2D eigenvalue weighted by atomic mass is 35.5. The Morgan fingerprint density at radius 3 is 1.44 bits per heavy atom. The Hall–Kier alpha value is -0.210. The molecule has 0 fully saturated rings. The molecule has 0 aromatic rings. The number of hydrogen-bond donors (Lipinski definition) is 0. The first kappa shape index (κ1) is 15.8. The van der Waals surface area contributed by atoms with Crippen molar-refractivity contribution in [2.24, 2.45) is 0 Å². The third-order valence-electron chi connectivity index (χ3n) is 3.54. The molecule has 0 spiro atoms. The van der Waals surface area contributed by atoms with E-state index in [9.17, 15) is 0 Å². The smallest absolute Gasteiger partial charge is 0.0895 e. The van der Waals surface area contributed by atoms with Crippen molar-refractivity contribution in [1.82, 2.24) is 9.80 Å². The van der Waals surface area contributed by atoms with Crippen molar-refractivity contribution in [3.05, 3.63) is 10.7 Å². The summed E-state index contributed by atoms with van der Waals surface area (Å²) in [6.07, 6.45) is 0. The zero-order valence-electron chi connectivity index (χ0n) is 13.2. The first-order valence-corrected chi connectivity index (χ1v) is 7.53. The monoisotopic (exact) mass is 272 g/mol. The van der Waals surface area contributed by atoms with E-state index >= 15 is 0 Å². The highest BCUT2D eigenvalue weighted by Gasteiger charge is 2.46. The van der Waals surface area contributed by atoms with Gasteiger partial charge < -0.3 is 4.90 Å². The molecule has 1 atom stereocenters. The minimum atomic E-state index is 0.344. The van der Waals surface area contributed by atoms with Crippen molar-refractivity contribution >= 4 is 11.6 Å². The molecular formula is C15H29ClN2. The van der Waals surface area contributed by atoms with E-state index in [0.717, 1.165) is 5.03 Å². The van der Waals surface area contributed by atoms with Gasteiger partial charge in [0.2, 0.25) is 0 Å². The van der Waals surface area contributed by atoms with Crippen LogP contribution in [0.2, 0.25) is 0 Å². The van der Waals surface area contributed by atoms with Crippen LogP contribution in [0.3, 0.4) is 0 Å². The topological polar surface area (TPSA) is 6.48 Å². The van der Waals surface area contributed by atoms with Crippen molar-refractivity contribution < 1.29 is 0 Å². The third-order valence-corrected chi connectivity index (χ3v) is 3.94. The predicted octanol–water partition coefficient (Wildman–Crippen LogP) is 4.06. The van der Waals surface area contributed by atoms with Gasteiger partial charge in [-0.2, -0.15) is 0 Å². The van der Waals surface area contributed by atoms with Crippen LogP contribution in [0, 0.1) is 0 Å². The molecule has 1 aliphatic carbocycles. The molecule has 106 valence electrons. The lowest BCUT2D eigenvalue weighted by Gasteiger charge is -2.36. The first-order valence-electron chi connectivity index (χ1n) is 7.15. The van der Waals surface area contributed by atoms with Gasteiger partial charge in [-0.15, -0.1) is 0 Å². The van der Waals surface area contributed by atoms with Crippen molar-refractivity contribution in [3.63, 3.8) is 0 Å². The molecule has 0 heterocycles. The lowest BCUT2D eigenvalue weighted by molar-refractivity contribution is 0.145. The van der Waals surface area contributed by atoms with Crippen LogP contribution in [-0.4, -0.2) is 40.0 Å². The van der Waals surface area contributed by atoms with Crippen LogP contribution in [-0.2, 0) is 0 Å². The second-order valence-electron chi connectivity index (χ2n) is 6.37. The predicted molar refractivity (Wildman–Crippen MR) is 80.9 cm³/mol. The zero-order valence-corrected chi connectivity index (χ0v) is 13.9. The maximum Gasteiger partial charge on any atom is 0.0895 e. The van der Waals surface area contributed by atoms with Crippen LogP contribution in [0.25, 0.3) is 0 Å². The van der Waals surface area contributed by atoms with E-state index in [1.165, 1.54) is 5.70 Å². The summed E-state index contributed by atoms with van der Waals surface area (Å²) in [6.45, 7) is 17.9. The molecule has 0 N–H and O–H groups in total. The van der Waals surface area contributed by atoms with Crippen LogP contribution >= 0.6 is 11.6 Å². The van der Waals surface area contributed by atoms with Gasteiger partial charge >= 0.3 is 0 Å². The van der Waals surface area contributed by atoms with Gasteiger partial charge in [-0.1, -0.05) is 11.6 Å². The SMILES string of the molecule is CC(C)N(C1=C(Cl)C1N(C(C)C)C(C)C)C(C)C. The highest BCUT2D eigenvalue weighted by Crippen LogP contribution is 2.45. The molecule has 0 saturated heterocycles. The standard InChI is InChI=1S/C15H29ClN2/c1-9(2)17(10(3)4)14-13(16)15(14)18(11(5)6)12(7)8/h9-12,14H,1-8H3. The Morgan fingerprint density at radius 1 is 0.778 bits per heavy atom. The van der Waals surface area contributed by atoms with Gasteiger partial charge in [0.05, 0.1) is 16.8 Å². The van der Waals surface area contributed by atoms with Crippen molar-refractivity contribution in [2.45, 2.75) is 85.6 Å². The third kappa shape index (κ3) is 3.03. The molecular weight excluding hydrogens is 244 g/mol. The lowest BCUT2D eigenvalue weighted by atomic mass is 10.2. The molecule has 1 rings (SSSR count). The number of nitrogens with zero attached hydrogens (tertiary/aromatic N) is 2. The second-order valence-corrected chi connectivity index (χ2v) is 6.77. The fourth-order valence-corrected chi connectivity index (χ4v) is 3.42. The molecule has 1 aliphatic rings. The van der Waals surface area contributed by atoms with Crippen molar-refractivity contribution in [3.8, 4) is 0 Å². The highest BCUT2D eigenvalue weighted by molar-refractivity contribution is 6.34. The van der Waals surface area contributed by atoms with E-state index in [4.69, 9.17) is 11.6 Å². The Kier molecular flexibility index (Phi) is 5.13. The Morgan fingerprint density at radius 2 is 1.17 bits per heavy atom. The minimum absolute atomic E-state index is 0.344. The Balaban J connectivity index is 2.87. The molecule has 3 heteroatoms. The van der Waals surface area contributed by atoms with E-state index in [2.05, 4.69) is 65.2 Å². The molecule has 2 nitrogen and oxygen atoms in total. The molecule has 0 amide bonds. The maximum atomic E-state index is 6.48. The quantitative estimate of drug-likeness (QED) is 0.720. The van der Waals surface area contributed by atoms with Crippen LogP contribution in [0.5, 0.6) is 0 Å². The van der Waals surface area contributed by atoms with Gasteiger partial charge in [-0.05, 0) is 55.4 Å². The summed E-state index contributed by atoms with van der Waals surface area (Å²) in [6, 6.07) is 2.38. The summed E-state index contributed by atoms with van der Waals surface area (Å²) < 4.78 is 0. The lowest BCUT2D eigenvalue weighted by Crippen LogP contribution is -2.44. The summed E-state index contributed by atoms with van der Waals surface area (Å²) in [4.78, 5) is 4.94. The fourth-order valence-electron chi connectivity index (χ4n) is 3.06. The molecule has 0 aromatic carbocycles. The van der Waals surface area contributed by atoms with Crippen LogP contribution < -0.4 is 0 Å². The normalized spacial score (nSPS) is 20.0. The fraction of sp³-hybridized carbons (Fsp3) is 0.867. The van der Waals surface area contributed by atoms with Crippen molar-refractivity contribution in [2.75, 3.05) is 0 Å². The van der Waals surface area contributed by atoms with Gasteiger partial charge in [0, 0.05) is 24.2 Å². The molecule has 0 saturated carbocycles. The number of halogens is 1. The molecule has 0 aromatic heterocycles. The summed E-state index contributed by atoms with van der Waals surface area (Å²) in [5.74, 6) is 0. The largest absolute Gasteiger partial charge is 0.367 e. The van der Waals surface area contributed by atoms with Crippen molar-refractivity contribution in [1.29, 1.82) is 0 Å². The Labute approximate surface area is 118 Å². The van der Waals surface area contributed by atoms with Gasteiger partial charge in [-0.25, -0.2) is 0 Å².